The summed E-state index contributed by atoms with van der Waals surface area (Å²) in [7, 11) is 0. The number of fused-ring (bicyclic) bond motifs is 1. The van der Waals surface area contributed by atoms with Crippen molar-refractivity contribution in [1.82, 2.24) is 19.6 Å². The molecule has 0 N–H and O–H groups in total. The van der Waals surface area contributed by atoms with Gasteiger partial charge in [0.1, 0.15) is 0 Å². The second kappa shape index (κ2) is 3.41. The number of nitrogens with zero attached hydrogens (tertiary/aromatic N) is 4. The molecule has 3 aromatic heterocycles. The molecular formula is C12H10N4. The Bertz CT molecular complexity index is 628. The van der Waals surface area contributed by atoms with Crippen molar-refractivity contribution >= 4 is 5.52 Å². The van der Waals surface area contributed by atoms with E-state index in [1.165, 1.54) is 5.56 Å². The fourth-order valence-electron chi connectivity index (χ4n) is 1.71. The molecule has 0 aromatic carbocycles. The summed E-state index contributed by atoms with van der Waals surface area (Å²) in [5.74, 6) is 0. The minimum absolute atomic E-state index is 0.859. The number of aromatic nitrogens is 4. The monoisotopic (exact) mass is 210 g/mol. The molecule has 4 heteroatoms. The minimum atomic E-state index is 0.859. The van der Waals surface area contributed by atoms with Crippen LogP contribution < -0.4 is 0 Å². The second-order valence-electron chi connectivity index (χ2n) is 3.67. The lowest BCUT2D eigenvalue weighted by Crippen LogP contribution is -1.90. The first-order valence-electron chi connectivity index (χ1n) is 5.05. The molecule has 3 aromatic rings. The van der Waals surface area contributed by atoms with Crippen molar-refractivity contribution in [3.05, 3.63) is 48.7 Å². The van der Waals surface area contributed by atoms with Gasteiger partial charge in [0, 0.05) is 24.2 Å². The Morgan fingerprint density at radius 1 is 1.12 bits per heavy atom. The fraction of sp³-hybridized carbons (Fsp3) is 0.0833. The van der Waals surface area contributed by atoms with Crippen LogP contribution in [0.15, 0.2) is 43.1 Å². The van der Waals surface area contributed by atoms with Gasteiger partial charge in [-0.05, 0) is 24.6 Å². The molecule has 3 rings (SSSR count). The van der Waals surface area contributed by atoms with E-state index in [-0.39, 0.29) is 0 Å². The summed E-state index contributed by atoms with van der Waals surface area (Å²) in [5.41, 5.74) is 4.17. The van der Waals surface area contributed by atoms with Crippen molar-refractivity contribution in [2.75, 3.05) is 0 Å². The molecule has 0 amide bonds. The van der Waals surface area contributed by atoms with Gasteiger partial charge in [0.25, 0.3) is 0 Å². The molecule has 0 fully saturated rings. The number of hydrogen-bond acceptors (Lipinski definition) is 3. The fourth-order valence-corrected chi connectivity index (χ4v) is 1.71. The molecule has 0 aliphatic rings. The van der Waals surface area contributed by atoms with E-state index in [9.17, 15) is 0 Å². The van der Waals surface area contributed by atoms with Gasteiger partial charge in [0.2, 0.25) is 0 Å². The van der Waals surface area contributed by atoms with Crippen LogP contribution in [0.25, 0.3) is 16.8 Å². The number of pyridine rings is 1. The van der Waals surface area contributed by atoms with Crippen LogP contribution in [0.4, 0.5) is 0 Å². The zero-order valence-electron chi connectivity index (χ0n) is 8.83. The number of hydrogen-bond donors (Lipinski definition) is 0. The molecule has 3 heterocycles. The van der Waals surface area contributed by atoms with E-state index in [2.05, 4.69) is 15.1 Å². The maximum absolute atomic E-state index is 4.27. The first kappa shape index (κ1) is 9.03. The summed E-state index contributed by atoms with van der Waals surface area (Å²) in [4.78, 5) is 8.31. The van der Waals surface area contributed by atoms with E-state index < -0.39 is 0 Å². The van der Waals surface area contributed by atoms with Crippen LogP contribution in [-0.4, -0.2) is 19.6 Å². The molecule has 0 unspecified atom stereocenters. The highest BCUT2D eigenvalue weighted by molar-refractivity contribution is 5.62. The molecule has 0 saturated heterocycles. The summed E-state index contributed by atoms with van der Waals surface area (Å²) in [6, 6.07) is 4.08. The van der Waals surface area contributed by atoms with E-state index in [4.69, 9.17) is 0 Å². The Morgan fingerprint density at radius 3 is 2.88 bits per heavy atom. The minimum Gasteiger partial charge on any atom is -0.261 e. The van der Waals surface area contributed by atoms with Gasteiger partial charge >= 0.3 is 0 Å². The van der Waals surface area contributed by atoms with E-state index in [0.717, 1.165) is 16.8 Å². The Labute approximate surface area is 92.6 Å². The molecule has 78 valence electrons. The molecule has 0 saturated carbocycles. The highest BCUT2D eigenvalue weighted by Crippen LogP contribution is 2.17. The Balaban J connectivity index is 2.19. The van der Waals surface area contributed by atoms with Crippen LogP contribution >= 0.6 is 0 Å². The topological polar surface area (TPSA) is 43.1 Å². The van der Waals surface area contributed by atoms with Crippen molar-refractivity contribution in [3.63, 3.8) is 0 Å². The lowest BCUT2D eigenvalue weighted by atomic mass is 10.2. The lowest BCUT2D eigenvalue weighted by Gasteiger charge is -2.00. The van der Waals surface area contributed by atoms with Crippen molar-refractivity contribution in [2.24, 2.45) is 0 Å². The van der Waals surface area contributed by atoms with Crippen LogP contribution in [0, 0.1) is 6.92 Å². The lowest BCUT2D eigenvalue weighted by molar-refractivity contribution is 0.961. The summed E-state index contributed by atoms with van der Waals surface area (Å²) in [5, 5.41) is 4.27. The third-order valence-electron chi connectivity index (χ3n) is 2.57. The van der Waals surface area contributed by atoms with Gasteiger partial charge in [-0.3, -0.25) is 9.97 Å². The van der Waals surface area contributed by atoms with Crippen molar-refractivity contribution in [3.8, 4) is 11.3 Å². The van der Waals surface area contributed by atoms with Gasteiger partial charge < -0.3 is 0 Å². The van der Waals surface area contributed by atoms with Crippen LogP contribution in [0.5, 0.6) is 0 Å². The first-order chi connectivity index (χ1) is 7.84. The van der Waals surface area contributed by atoms with E-state index >= 15 is 0 Å². The molecular weight excluding hydrogens is 200 g/mol. The van der Waals surface area contributed by atoms with Gasteiger partial charge in [-0.25, -0.2) is 4.52 Å². The second-order valence-corrected chi connectivity index (χ2v) is 3.67. The van der Waals surface area contributed by atoms with Gasteiger partial charge in [0.05, 0.1) is 23.6 Å². The van der Waals surface area contributed by atoms with Gasteiger partial charge in [0.15, 0.2) is 0 Å². The number of rotatable bonds is 1. The number of aryl methyl sites for hydroxylation is 1. The average Bonchev–Trinajstić information content (AvgIpc) is 2.72. The van der Waals surface area contributed by atoms with Crippen LogP contribution in [0.1, 0.15) is 5.56 Å². The SMILES string of the molecule is Cc1cnn2cc(-c3cnccn3)ccc12. The van der Waals surface area contributed by atoms with Crippen LogP contribution in [0.3, 0.4) is 0 Å². The highest BCUT2D eigenvalue weighted by Gasteiger charge is 2.03. The summed E-state index contributed by atoms with van der Waals surface area (Å²) in [6.07, 6.45) is 8.92. The molecule has 4 nitrogen and oxygen atoms in total. The quantitative estimate of drug-likeness (QED) is 0.617. The summed E-state index contributed by atoms with van der Waals surface area (Å²) >= 11 is 0. The molecule has 0 aliphatic carbocycles. The highest BCUT2D eigenvalue weighted by atomic mass is 15.2. The maximum Gasteiger partial charge on any atom is 0.0900 e. The largest absolute Gasteiger partial charge is 0.261 e. The zero-order valence-corrected chi connectivity index (χ0v) is 8.83. The van der Waals surface area contributed by atoms with Gasteiger partial charge in [-0.15, -0.1) is 0 Å². The standard InChI is InChI=1S/C12H10N4/c1-9-6-15-16-8-10(2-3-12(9)16)11-7-13-4-5-14-11/h2-8H,1H3. The summed E-state index contributed by atoms with van der Waals surface area (Å²) in [6.45, 7) is 2.05. The molecule has 0 radical (unpaired) electrons. The third-order valence-corrected chi connectivity index (χ3v) is 2.57. The molecule has 0 aliphatic heterocycles. The van der Waals surface area contributed by atoms with Crippen molar-refractivity contribution < 1.29 is 0 Å². The Morgan fingerprint density at radius 2 is 2.06 bits per heavy atom. The van der Waals surface area contributed by atoms with Crippen molar-refractivity contribution in [1.29, 1.82) is 0 Å². The van der Waals surface area contributed by atoms with Gasteiger partial charge in [-0.1, -0.05) is 0 Å². The van der Waals surface area contributed by atoms with E-state index in [0.29, 0.717) is 0 Å². The van der Waals surface area contributed by atoms with Gasteiger partial charge in [-0.2, -0.15) is 5.10 Å². The summed E-state index contributed by atoms with van der Waals surface area (Å²) < 4.78 is 1.86. The maximum atomic E-state index is 4.27. The third kappa shape index (κ3) is 1.35. The predicted octanol–water partition coefficient (Wildman–Crippen LogP) is 2.10. The molecule has 0 bridgehead atoms. The van der Waals surface area contributed by atoms with E-state index in [1.54, 1.807) is 18.6 Å². The Kier molecular flexibility index (Phi) is 1.93. The van der Waals surface area contributed by atoms with E-state index in [1.807, 2.05) is 36.0 Å². The van der Waals surface area contributed by atoms with Crippen molar-refractivity contribution in [2.45, 2.75) is 6.92 Å². The smallest absolute Gasteiger partial charge is 0.0900 e. The predicted molar refractivity (Wildman–Crippen MR) is 61.0 cm³/mol. The Hall–Kier alpha value is -2.23. The normalized spacial score (nSPS) is 10.8. The van der Waals surface area contributed by atoms with Crippen LogP contribution in [0.2, 0.25) is 0 Å². The molecule has 0 spiro atoms. The average molecular weight is 210 g/mol. The molecule has 16 heavy (non-hydrogen) atoms. The first-order valence-corrected chi connectivity index (χ1v) is 5.05. The zero-order chi connectivity index (χ0) is 11.0. The van der Waals surface area contributed by atoms with Crippen LogP contribution in [-0.2, 0) is 0 Å². The molecule has 0 atom stereocenters.